The third kappa shape index (κ3) is 8.17. The van der Waals surface area contributed by atoms with Gasteiger partial charge in [-0.05, 0) is 54.4 Å². The largest absolute Gasteiger partial charge is 0.464 e. The molecule has 8 heteroatoms. The molecular formula is C30H48N4O3S. The highest BCUT2D eigenvalue weighted by atomic mass is 32.2. The lowest BCUT2D eigenvalue weighted by molar-refractivity contribution is 0.151. The highest BCUT2D eigenvalue weighted by Gasteiger charge is 2.34. The van der Waals surface area contributed by atoms with Crippen LogP contribution in [-0.2, 0) is 23.1 Å². The SMILES string of the molecule is CC(C)C[C@@H](CN(CC(C)C)CC(C)C)N(Cc1cncn1CC(C)C)S(=O)(=O)c1ccc2occc2c1. The van der Waals surface area contributed by atoms with E-state index in [0.29, 0.717) is 40.7 Å². The van der Waals surface area contributed by atoms with Crippen LogP contribution in [0.5, 0.6) is 0 Å². The maximum atomic E-state index is 14.5. The summed E-state index contributed by atoms with van der Waals surface area (Å²) in [5, 5.41) is 0.789. The summed E-state index contributed by atoms with van der Waals surface area (Å²) in [5.41, 5.74) is 1.60. The number of benzene rings is 1. The fraction of sp³-hybridized carbons (Fsp3) is 0.633. The summed E-state index contributed by atoms with van der Waals surface area (Å²) in [6, 6.07) is 6.80. The quantitative estimate of drug-likeness (QED) is 0.218. The second-order valence-corrected chi connectivity index (χ2v) is 14.3. The summed E-state index contributed by atoms with van der Waals surface area (Å²) in [6.45, 7) is 21.2. The van der Waals surface area contributed by atoms with E-state index in [2.05, 4.69) is 69.8 Å². The van der Waals surface area contributed by atoms with Crippen molar-refractivity contribution in [3.05, 3.63) is 48.7 Å². The Kier molecular flexibility index (Phi) is 10.6. The molecule has 0 spiro atoms. The van der Waals surface area contributed by atoms with Crippen LogP contribution < -0.4 is 0 Å². The van der Waals surface area contributed by atoms with Gasteiger partial charge in [-0.25, -0.2) is 13.4 Å². The first kappa shape index (κ1) is 30.4. The molecule has 0 saturated heterocycles. The number of imidazole rings is 1. The van der Waals surface area contributed by atoms with Crippen LogP contribution in [0.25, 0.3) is 11.0 Å². The summed E-state index contributed by atoms with van der Waals surface area (Å²) < 4.78 is 38.2. The molecule has 0 aliphatic heterocycles. The number of fused-ring (bicyclic) bond motifs is 1. The minimum absolute atomic E-state index is 0.181. The minimum Gasteiger partial charge on any atom is -0.464 e. The van der Waals surface area contributed by atoms with Crippen molar-refractivity contribution >= 4 is 21.0 Å². The monoisotopic (exact) mass is 544 g/mol. The van der Waals surface area contributed by atoms with E-state index in [1.807, 2.05) is 18.6 Å². The van der Waals surface area contributed by atoms with Gasteiger partial charge in [-0.15, -0.1) is 0 Å². The van der Waals surface area contributed by atoms with E-state index in [1.54, 1.807) is 28.8 Å². The number of nitrogens with zero attached hydrogens (tertiary/aromatic N) is 4. The molecule has 0 radical (unpaired) electrons. The summed E-state index contributed by atoms with van der Waals surface area (Å²) in [5.74, 6) is 1.76. The molecule has 1 atom stereocenters. The zero-order chi connectivity index (χ0) is 28.0. The van der Waals surface area contributed by atoms with E-state index in [-0.39, 0.29) is 12.6 Å². The molecule has 0 bridgehead atoms. The molecule has 212 valence electrons. The van der Waals surface area contributed by atoms with Crippen molar-refractivity contribution in [2.45, 2.75) is 85.8 Å². The van der Waals surface area contributed by atoms with Gasteiger partial charge in [0.05, 0.1) is 29.7 Å². The molecule has 38 heavy (non-hydrogen) atoms. The number of furan rings is 1. The molecule has 0 fully saturated rings. The number of hydrogen-bond donors (Lipinski definition) is 0. The van der Waals surface area contributed by atoms with Gasteiger partial charge in [0.1, 0.15) is 5.58 Å². The van der Waals surface area contributed by atoms with Crippen LogP contribution >= 0.6 is 0 Å². The molecule has 0 aliphatic rings. The molecule has 0 amide bonds. The molecule has 1 aromatic carbocycles. The van der Waals surface area contributed by atoms with E-state index >= 15 is 0 Å². The predicted molar refractivity (Wildman–Crippen MR) is 155 cm³/mol. The van der Waals surface area contributed by atoms with E-state index in [0.717, 1.165) is 37.1 Å². The molecule has 3 rings (SSSR count). The average Bonchev–Trinajstić information content (AvgIpc) is 3.43. The zero-order valence-corrected chi connectivity index (χ0v) is 25.4. The minimum atomic E-state index is -3.82. The van der Waals surface area contributed by atoms with Crippen molar-refractivity contribution in [1.29, 1.82) is 0 Å². The van der Waals surface area contributed by atoms with E-state index in [9.17, 15) is 8.42 Å². The Morgan fingerprint density at radius 2 is 1.58 bits per heavy atom. The Bertz CT molecular complexity index is 1230. The summed E-state index contributed by atoms with van der Waals surface area (Å²) >= 11 is 0. The normalized spacial score (nSPS) is 13.8. The van der Waals surface area contributed by atoms with Crippen molar-refractivity contribution in [2.75, 3.05) is 19.6 Å². The summed E-state index contributed by atoms with van der Waals surface area (Å²) in [4.78, 5) is 7.15. The maximum Gasteiger partial charge on any atom is 0.243 e. The fourth-order valence-corrected chi connectivity index (χ4v) is 6.86. The molecule has 2 aromatic heterocycles. The van der Waals surface area contributed by atoms with E-state index in [1.165, 1.54) is 0 Å². The van der Waals surface area contributed by atoms with Gasteiger partial charge >= 0.3 is 0 Å². The first-order chi connectivity index (χ1) is 17.9. The van der Waals surface area contributed by atoms with Crippen LogP contribution in [0.4, 0.5) is 0 Å². The third-order valence-corrected chi connectivity index (χ3v) is 8.47. The Hall–Kier alpha value is -2.16. The molecule has 3 aromatic rings. The lowest BCUT2D eigenvalue weighted by Gasteiger charge is -2.37. The second-order valence-electron chi connectivity index (χ2n) is 12.4. The Morgan fingerprint density at radius 1 is 0.895 bits per heavy atom. The van der Waals surface area contributed by atoms with Gasteiger partial charge in [-0.3, -0.25) is 0 Å². The van der Waals surface area contributed by atoms with Gasteiger partial charge in [-0.2, -0.15) is 4.31 Å². The molecule has 0 unspecified atom stereocenters. The van der Waals surface area contributed by atoms with Gasteiger partial charge < -0.3 is 13.9 Å². The number of rotatable bonds is 15. The maximum absolute atomic E-state index is 14.5. The number of aromatic nitrogens is 2. The highest BCUT2D eigenvalue weighted by molar-refractivity contribution is 7.89. The fourth-order valence-electron chi connectivity index (χ4n) is 5.23. The van der Waals surface area contributed by atoms with Gasteiger partial charge in [0.25, 0.3) is 0 Å². The molecule has 0 aliphatic carbocycles. The number of hydrogen-bond acceptors (Lipinski definition) is 5. The molecule has 0 N–H and O–H groups in total. The molecule has 7 nitrogen and oxygen atoms in total. The van der Waals surface area contributed by atoms with Gasteiger partial charge in [-0.1, -0.05) is 55.4 Å². The van der Waals surface area contributed by atoms with Crippen LogP contribution in [0, 0.1) is 23.7 Å². The zero-order valence-electron chi connectivity index (χ0n) is 24.6. The lowest BCUT2D eigenvalue weighted by Crippen LogP contribution is -2.48. The van der Waals surface area contributed by atoms with Crippen LogP contribution in [0.15, 0.2) is 52.4 Å². The van der Waals surface area contributed by atoms with Crippen molar-refractivity contribution in [1.82, 2.24) is 18.8 Å². The van der Waals surface area contributed by atoms with E-state index in [4.69, 9.17) is 4.42 Å². The van der Waals surface area contributed by atoms with Gasteiger partial charge in [0.2, 0.25) is 10.0 Å². The van der Waals surface area contributed by atoms with Crippen molar-refractivity contribution in [3.63, 3.8) is 0 Å². The Balaban J connectivity index is 2.08. The third-order valence-electron chi connectivity index (χ3n) is 6.58. The average molecular weight is 545 g/mol. The first-order valence-corrected chi connectivity index (χ1v) is 15.5. The topological polar surface area (TPSA) is 71.6 Å². The predicted octanol–water partition coefficient (Wildman–Crippen LogP) is 6.50. The van der Waals surface area contributed by atoms with Crippen molar-refractivity contribution < 1.29 is 12.8 Å². The van der Waals surface area contributed by atoms with Gasteiger partial charge in [0.15, 0.2) is 0 Å². The first-order valence-electron chi connectivity index (χ1n) is 14.1. The van der Waals surface area contributed by atoms with Crippen molar-refractivity contribution in [3.8, 4) is 0 Å². The van der Waals surface area contributed by atoms with E-state index < -0.39 is 10.0 Å². The summed E-state index contributed by atoms with van der Waals surface area (Å²) in [6.07, 6.45) is 6.01. The number of sulfonamides is 1. The van der Waals surface area contributed by atoms with Crippen LogP contribution in [0.2, 0.25) is 0 Å². The van der Waals surface area contributed by atoms with Crippen LogP contribution in [-0.4, -0.2) is 52.9 Å². The van der Waals surface area contributed by atoms with Gasteiger partial charge in [0, 0.05) is 43.8 Å². The second kappa shape index (κ2) is 13.3. The molecular weight excluding hydrogens is 496 g/mol. The Labute approximate surface area is 230 Å². The highest BCUT2D eigenvalue weighted by Crippen LogP contribution is 2.28. The van der Waals surface area contributed by atoms with Crippen LogP contribution in [0.3, 0.4) is 0 Å². The van der Waals surface area contributed by atoms with Crippen molar-refractivity contribution in [2.24, 2.45) is 23.7 Å². The molecule has 0 saturated carbocycles. The standard InChI is InChI=1S/C30H48N4O3S/c1-22(2)13-27(19-32(16-23(3)4)17-24(5)6)34(20-28-15-31-21-33(28)18-25(7)8)38(35,36)29-9-10-30-26(14-29)11-12-37-30/h9-12,14-15,21-25,27H,13,16-20H2,1-8H3/t27-/m0/s1. The Morgan fingerprint density at radius 3 is 2.18 bits per heavy atom. The smallest absolute Gasteiger partial charge is 0.243 e. The lowest BCUT2D eigenvalue weighted by atomic mass is 10.0. The van der Waals surface area contributed by atoms with Crippen LogP contribution in [0.1, 0.15) is 67.5 Å². The molecule has 2 heterocycles. The summed E-state index contributed by atoms with van der Waals surface area (Å²) in [7, 11) is -3.82.